The Bertz CT molecular complexity index is 795. The molecule has 0 amide bonds. The van der Waals surface area contributed by atoms with Crippen LogP contribution < -0.4 is 5.73 Å². The molecule has 2 N–H and O–H groups in total. The average molecular weight is 365 g/mol. The van der Waals surface area contributed by atoms with Crippen LogP contribution in [0.1, 0.15) is 5.56 Å². The second kappa shape index (κ2) is 5.46. The third-order valence-electron chi connectivity index (χ3n) is 3.14. The number of rotatable bonds is 2. The van der Waals surface area contributed by atoms with E-state index in [-0.39, 0.29) is 0 Å². The maximum Gasteiger partial charge on any atom is 0.189 e. The Morgan fingerprint density at radius 3 is 2.76 bits per heavy atom. The van der Waals surface area contributed by atoms with Crippen LogP contribution >= 0.6 is 27.5 Å². The molecule has 1 aromatic heterocycles. The molecule has 3 rings (SSSR count). The second-order valence-corrected chi connectivity index (χ2v) is 5.84. The molecule has 7 heteroatoms. The average Bonchev–Trinajstić information content (AvgIpc) is 2.87. The highest BCUT2D eigenvalue weighted by Crippen LogP contribution is 2.31. The lowest BCUT2D eigenvalue weighted by Crippen LogP contribution is -2.03. The molecule has 0 bridgehead atoms. The first-order valence-corrected chi connectivity index (χ1v) is 7.34. The first-order chi connectivity index (χ1) is 10.1. The van der Waals surface area contributed by atoms with Crippen molar-refractivity contribution in [3.8, 4) is 17.1 Å². The molecule has 2 aromatic carbocycles. The van der Waals surface area contributed by atoms with Gasteiger partial charge in [0, 0.05) is 20.7 Å². The number of hydrogen-bond donors (Lipinski definition) is 1. The van der Waals surface area contributed by atoms with E-state index in [9.17, 15) is 0 Å². The molecular formula is C14H11BrClN5. The minimum Gasteiger partial charge on any atom is -0.398 e. The first-order valence-electron chi connectivity index (χ1n) is 6.17. The zero-order valence-corrected chi connectivity index (χ0v) is 13.4. The van der Waals surface area contributed by atoms with E-state index in [4.69, 9.17) is 17.3 Å². The van der Waals surface area contributed by atoms with Crippen molar-refractivity contribution in [2.45, 2.75) is 6.92 Å². The van der Waals surface area contributed by atoms with E-state index in [2.05, 4.69) is 31.5 Å². The van der Waals surface area contributed by atoms with Crippen molar-refractivity contribution in [1.82, 2.24) is 20.2 Å². The van der Waals surface area contributed by atoms with Crippen LogP contribution in [0.4, 0.5) is 5.69 Å². The summed E-state index contributed by atoms with van der Waals surface area (Å²) in [5.41, 5.74) is 9.34. The molecule has 21 heavy (non-hydrogen) atoms. The van der Waals surface area contributed by atoms with E-state index in [1.807, 2.05) is 31.2 Å². The Balaban J connectivity index is 2.22. The molecule has 0 radical (unpaired) electrons. The summed E-state index contributed by atoms with van der Waals surface area (Å²) >= 11 is 9.45. The van der Waals surface area contributed by atoms with Crippen molar-refractivity contribution in [3.63, 3.8) is 0 Å². The summed E-state index contributed by atoms with van der Waals surface area (Å²) in [5.74, 6) is 0.591. The van der Waals surface area contributed by atoms with Crippen molar-refractivity contribution >= 4 is 33.2 Å². The molecule has 1 heterocycles. The summed E-state index contributed by atoms with van der Waals surface area (Å²) in [6.07, 6.45) is 0. The number of aryl methyl sites for hydroxylation is 1. The van der Waals surface area contributed by atoms with Gasteiger partial charge in [-0.25, -0.2) is 0 Å². The highest BCUT2D eigenvalue weighted by atomic mass is 79.9. The Labute approximate surface area is 134 Å². The zero-order chi connectivity index (χ0) is 15.0. The molecule has 0 atom stereocenters. The molecule has 0 aliphatic carbocycles. The SMILES string of the molecule is Cc1cccc(N)c1-c1nnnn1-c1ccc(Cl)cc1Br. The van der Waals surface area contributed by atoms with Crippen LogP contribution in [0.15, 0.2) is 40.9 Å². The maximum atomic E-state index is 6.08. The van der Waals surface area contributed by atoms with Gasteiger partial charge in [0.25, 0.3) is 0 Å². The van der Waals surface area contributed by atoms with Crippen molar-refractivity contribution in [2.75, 3.05) is 5.73 Å². The van der Waals surface area contributed by atoms with Gasteiger partial charge in [0.2, 0.25) is 0 Å². The highest BCUT2D eigenvalue weighted by Gasteiger charge is 2.17. The number of nitrogens with zero attached hydrogens (tertiary/aromatic N) is 4. The zero-order valence-electron chi connectivity index (χ0n) is 11.1. The molecule has 0 aliphatic heterocycles. The second-order valence-electron chi connectivity index (χ2n) is 4.55. The Hall–Kier alpha value is -1.92. The van der Waals surface area contributed by atoms with E-state index < -0.39 is 0 Å². The van der Waals surface area contributed by atoms with Gasteiger partial charge >= 0.3 is 0 Å². The van der Waals surface area contributed by atoms with E-state index in [1.165, 1.54) is 0 Å². The van der Waals surface area contributed by atoms with E-state index in [0.29, 0.717) is 16.5 Å². The Morgan fingerprint density at radius 1 is 1.24 bits per heavy atom. The fourth-order valence-corrected chi connectivity index (χ4v) is 3.00. The van der Waals surface area contributed by atoms with E-state index in [1.54, 1.807) is 16.8 Å². The minimum atomic E-state index is 0.591. The summed E-state index contributed by atoms with van der Waals surface area (Å²) in [6, 6.07) is 11.1. The number of nitrogens with two attached hydrogens (primary N) is 1. The van der Waals surface area contributed by atoms with Gasteiger partial charge in [-0.3, -0.25) is 0 Å². The lowest BCUT2D eigenvalue weighted by atomic mass is 10.1. The van der Waals surface area contributed by atoms with Gasteiger partial charge < -0.3 is 5.73 Å². The number of aromatic nitrogens is 4. The van der Waals surface area contributed by atoms with Crippen LogP contribution in [-0.2, 0) is 0 Å². The lowest BCUT2D eigenvalue weighted by molar-refractivity contribution is 0.789. The Morgan fingerprint density at radius 2 is 2.05 bits per heavy atom. The smallest absolute Gasteiger partial charge is 0.189 e. The summed E-state index contributed by atoms with van der Waals surface area (Å²) in [5, 5.41) is 12.6. The normalized spacial score (nSPS) is 10.8. The van der Waals surface area contributed by atoms with Crippen molar-refractivity contribution in [1.29, 1.82) is 0 Å². The largest absolute Gasteiger partial charge is 0.398 e. The van der Waals surface area contributed by atoms with Crippen LogP contribution in [0.2, 0.25) is 5.02 Å². The standard InChI is InChI=1S/C14H11BrClN5/c1-8-3-2-4-11(17)13(8)14-18-19-20-21(14)12-6-5-9(16)7-10(12)15/h2-7H,17H2,1H3. The number of tetrazole rings is 1. The van der Waals surface area contributed by atoms with E-state index >= 15 is 0 Å². The quantitative estimate of drug-likeness (QED) is 0.705. The number of nitrogen functional groups attached to an aromatic ring is 1. The van der Waals surface area contributed by atoms with Gasteiger partial charge in [-0.2, -0.15) is 4.68 Å². The fraction of sp³-hybridized carbons (Fsp3) is 0.0714. The number of halogens is 2. The van der Waals surface area contributed by atoms with Gasteiger partial charge in [0.1, 0.15) is 0 Å². The molecule has 0 saturated carbocycles. The summed E-state index contributed by atoms with van der Waals surface area (Å²) < 4.78 is 2.44. The van der Waals surface area contributed by atoms with Crippen molar-refractivity contribution < 1.29 is 0 Å². The van der Waals surface area contributed by atoms with Gasteiger partial charge in [0.15, 0.2) is 5.82 Å². The third kappa shape index (κ3) is 2.52. The molecule has 0 saturated heterocycles. The Kier molecular flexibility index (Phi) is 3.65. The highest BCUT2D eigenvalue weighted by molar-refractivity contribution is 9.10. The predicted octanol–water partition coefficient (Wildman–Crippen LogP) is 3.64. The maximum absolute atomic E-state index is 6.08. The topological polar surface area (TPSA) is 69.6 Å². The molecule has 0 aliphatic rings. The molecule has 5 nitrogen and oxygen atoms in total. The molecule has 0 fully saturated rings. The molecule has 3 aromatic rings. The number of anilines is 1. The summed E-state index contributed by atoms with van der Waals surface area (Å²) in [6.45, 7) is 1.97. The number of hydrogen-bond acceptors (Lipinski definition) is 4. The summed E-state index contributed by atoms with van der Waals surface area (Å²) in [7, 11) is 0. The third-order valence-corrected chi connectivity index (χ3v) is 4.01. The monoisotopic (exact) mass is 363 g/mol. The van der Waals surface area contributed by atoms with Gasteiger partial charge in [-0.05, 0) is 63.1 Å². The van der Waals surface area contributed by atoms with Gasteiger partial charge in [-0.1, -0.05) is 23.7 Å². The molecular weight excluding hydrogens is 354 g/mol. The minimum absolute atomic E-state index is 0.591. The van der Waals surface area contributed by atoms with Crippen LogP contribution in [0, 0.1) is 6.92 Å². The molecule has 0 spiro atoms. The van der Waals surface area contributed by atoms with Crippen molar-refractivity contribution in [3.05, 3.63) is 51.5 Å². The first kappa shape index (κ1) is 14.0. The van der Waals surface area contributed by atoms with Crippen LogP contribution in [0.3, 0.4) is 0 Å². The van der Waals surface area contributed by atoms with Gasteiger partial charge in [0.05, 0.1) is 5.69 Å². The van der Waals surface area contributed by atoms with Crippen LogP contribution in [0.5, 0.6) is 0 Å². The summed E-state index contributed by atoms with van der Waals surface area (Å²) in [4.78, 5) is 0. The number of benzene rings is 2. The van der Waals surface area contributed by atoms with Crippen LogP contribution in [0.25, 0.3) is 17.1 Å². The molecule has 106 valence electrons. The lowest BCUT2D eigenvalue weighted by Gasteiger charge is -2.10. The molecule has 0 unspecified atom stereocenters. The van der Waals surface area contributed by atoms with E-state index in [0.717, 1.165) is 21.3 Å². The van der Waals surface area contributed by atoms with Crippen molar-refractivity contribution in [2.24, 2.45) is 0 Å². The predicted molar refractivity (Wildman–Crippen MR) is 86.4 cm³/mol. The van der Waals surface area contributed by atoms with Crippen LogP contribution in [-0.4, -0.2) is 20.2 Å². The fourth-order valence-electron chi connectivity index (χ4n) is 2.15. The van der Waals surface area contributed by atoms with Gasteiger partial charge in [-0.15, -0.1) is 5.10 Å².